The largest absolute Gasteiger partial charge is 0.478 e. The summed E-state index contributed by atoms with van der Waals surface area (Å²) in [5, 5.41) is 9.11. The van der Waals surface area contributed by atoms with E-state index in [4.69, 9.17) is 5.11 Å². The number of halogens is 4. The lowest BCUT2D eigenvalue weighted by molar-refractivity contribution is -0.188. The van der Waals surface area contributed by atoms with Gasteiger partial charge in [0.1, 0.15) is 5.82 Å². The molecule has 0 radical (unpaired) electrons. The summed E-state index contributed by atoms with van der Waals surface area (Å²) in [5.41, 5.74) is -3.55. The van der Waals surface area contributed by atoms with Gasteiger partial charge in [0.25, 0.3) is 0 Å². The molecule has 1 aromatic carbocycles. The van der Waals surface area contributed by atoms with Crippen molar-refractivity contribution in [3.63, 3.8) is 0 Å². The van der Waals surface area contributed by atoms with Gasteiger partial charge in [-0.2, -0.15) is 13.2 Å². The SMILES string of the molecule is CC(C)(CC1(C(F)(F)F)CO1)c1ccc(F)cc1C(=O)O. The number of carboxylic acid groups (broad SMARTS) is 1. The van der Waals surface area contributed by atoms with Gasteiger partial charge in [0.05, 0.1) is 12.2 Å². The maximum atomic E-state index is 13.2. The fraction of sp³-hybridized carbons (Fsp3) is 0.500. The van der Waals surface area contributed by atoms with Gasteiger partial charge in [0.15, 0.2) is 5.60 Å². The first-order chi connectivity index (χ1) is 9.48. The van der Waals surface area contributed by atoms with Crippen molar-refractivity contribution < 1.29 is 32.2 Å². The molecule has 3 nitrogen and oxygen atoms in total. The molecule has 0 saturated carbocycles. The number of aromatic carboxylic acids is 1. The lowest BCUT2D eigenvalue weighted by Gasteiger charge is -2.30. The summed E-state index contributed by atoms with van der Waals surface area (Å²) < 4.78 is 56.7. The second kappa shape index (κ2) is 4.69. The molecular formula is C14H14F4O3. The number of carbonyl (C=O) groups is 1. The highest BCUT2D eigenvalue weighted by molar-refractivity contribution is 5.89. The minimum atomic E-state index is -4.52. The normalized spacial score (nSPS) is 22.2. The average Bonchev–Trinajstić information content (AvgIpc) is 3.08. The molecule has 0 aliphatic carbocycles. The van der Waals surface area contributed by atoms with Crippen LogP contribution in [0.15, 0.2) is 18.2 Å². The van der Waals surface area contributed by atoms with Crippen molar-refractivity contribution in [3.05, 3.63) is 35.1 Å². The van der Waals surface area contributed by atoms with Crippen LogP contribution in [0.2, 0.25) is 0 Å². The van der Waals surface area contributed by atoms with E-state index in [1.165, 1.54) is 19.9 Å². The third-order valence-electron chi connectivity index (χ3n) is 3.68. The molecule has 0 spiro atoms. The van der Waals surface area contributed by atoms with Crippen LogP contribution in [-0.4, -0.2) is 29.5 Å². The summed E-state index contributed by atoms with van der Waals surface area (Å²) in [7, 11) is 0. The number of hydrogen-bond donors (Lipinski definition) is 1. The summed E-state index contributed by atoms with van der Waals surface area (Å²) in [5.74, 6) is -2.13. The van der Waals surface area contributed by atoms with Crippen molar-refractivity contribution in [2.45, 2.75) is 37.5 Å². The molecule has 1 N–H and O–H groups in total. The third-order valence-corrected chi connectivity index (χ3v) is 3.68. The molecule has 1 saturated heterocycles. The molecule has 7 heteroatoms. The molecule has 1 aromatic rings. The van der Waals surface area contributed by atoms with E-state index in [0.717, 1.165) is 12.1 Å². The number of epoxide rings is 1. The zero-order valence-corrected chi connectivity index (χ0v) is 11.4. The Labute approximate surface area is 118 Å². The monoisotopic (exact) mass is 306 g/mol. The van der Waals surface area contributed by atoms with Crippen molar-refractivity contribution in [1.82, 2.24) is 0 Å². The number of ether oxygens (including phenoxy) is 1. The predicted octanol–water partition coefficient (Wildman–Crippen LogP) is 3.52. The van der Waals surface area contributed by atoms with Crippen LogP contribution in [0.25, 0.3) is 0 Å². The van der Waals surface area contributed by atoms with Gasteiger partial charge >= 0.3 is 12.1 Å². The second-order valence-electron chi connectivity index (χ2n) is 5.84. The Hall–Kier alpha value is -1.63. The molecule has 21 heavy (non-hydrogen) atoms. The van der Waals surface area contributed by atoms with Crippen LogP contribution in [0.4, 0.5) is 17.6 Å². The van der Waals surface area contributed by atoms with Crippen LogP contribution in [0, 0.1) is 5.82 Å². The number of hydrogen-bond acceptors (Lipinski definition) is 2. The maximum Gasteiger partial charge on any atom is 0.419 e. The Morgan fingerprint density at radius 1 is 1.38 bits per heavy atom. The molecule has 1 heterocycles. The molecule has 1 atom stereocenters. The summed E-state index contributed by atoms with van der Waals surface area (Å²) >= 11 is 0. The number of rotatable bonds is 4. The second-order valence-corrected chi connectivity index (χ2v) is 5.84. The molecule has 0 aromatic heterocycles. The summed E-state index contributed by atoms with van der Waals surface area (Å²) in [6.07, 6.45) is -4.94. The van der Waals surface area contributed by atoms with Crippen LogP contribution in [0.3, 0.4) is 0 Å². The highest BCUT2D eigenvalue weighted by atomic mass is 19.4. The van der Waals surface area contributed by atoms with Gasteiger partial charge in [-0.3, -0.25) is 0 Å². The van der Waals surface area contributed by atoms with Crippen molar-refractivity contribution in [2.75, 3.05) is 6.61 Å². The molecule has 0 amide bonds. The third kappa shape index (κ3) is 2.88. The van der Waals surface area contributed by atoms with Gasteiger partial charge in [0.2, 0.25) is 0 Å². The predicted molar refractivity (Wildman–Crippen MR) is 65.7 cm³/mol. The standard InChI is InChI=1S/C14H14F4O3/c1-12(2,6-13(7-21-13)14(16,17)18)10-4-3-8(15)5-9(10)11(19)20/h3-5H,6-7H2,1-2H3,(H,19,20). The van der Waals surface area contributed by atoms with Crippen molar-refractivity contribution in [2.24, 2.45) is 0 Å². The van der Waals surface area contributed by atoms with Crippen LogP contribution in [0.5, 0.6) is 0 Å². The molecule has 0 bridgehead atoms. The zero-order valence-electron chi connectivity index (χ0n) is 11.4. The zero-order chi connectivity index (χ0) is 16.1. The van der Waals surface area contributed by atoms with E-state index in [0.29, 0.717) is 0 Å². The lowest BCUT2D eigenvalue weighted by Crippen LogP contribution is -2.39. The molecule has 116 valence electrons. The van der Waals surface area contributed by atoms with E-state index in [2.05, 4.69) is 4.74 Å². The Morgan fingerprint density at radius 3 is 2.38 bits per heavy atom. The molecule has 1 aliphatic heterocycles. The summed E-state index contributed by atoms with van der Waals surface area (Å²) in [4.78, 5) is 11.2. The van der Waals surface area contributed by atoms with E-state index < -0.39 is 42.0 Å². The fourth-order valence-electron chi connectivity index (χ4n) is 2.55. The first-order valence-electron chi connectivity index (χ1n) is 6.23. The van der Waals surface area contributed by atoms with E-state index in [1.54, 1.807) is 0 Å². The summed E-state index contributed by atoms with van der Waals surface area (Å²) in [6, 6.07) is 3.07. The number of alkyl halides is 3. The van der Waals surface area contributed by atoms with Crippen LogP contribution in [0.1, 0.15) is 36.2 Å². The fourth-order valence-corrected chi connectivity index (χ4v) is 2.55. The Bertz CT molecular complexity index is 574. The van der Waals surface area contributed by atoms with Gasteiger partial charge < -0.3 is 9.84 Å². The van der Waals surface area contributed by atoms with Crippen LogP contribution < -0.4 is 0 Å². The molecule has 2 rings (SSSR count). The van der Waals surface area contributed by atoms with E-state index >= 15 is 0 Å². The minimum Gasteiger partial charge on any atom is -0.478 e. The topological polar surface area (TPSA) is 49.8 Å². The van der Waals surface area contributed by atoms with Gasteiger partial charge in [-0.1, -0.05) is 19.9 Å². The van der Waals surface area contributed by atoms with Gasteiger partial charge in [-0.25, -0.2) is 9.18 Å². The number of benzene rings is 1. The smallest absolute Gasteiger partial charge is 0.419 e. The quantitative estimate of drug-likeness (QED) is 0.684. The highest BCUT2D eigenvalue weighted by Gasteiger charge is 2.67. The molecule has 1 aliphatic rings. The van der Waals surface area contributed by atoms with Gasteiger partial charge in [-0.05, 0) is 29.5 Å². The summed E-state index contributed by atoms with van der Waals surface area (Å²) in [6.45, 7) is 2.53. The first kappa shape index (κ1) is 15.8. The Balaban J connectivity index is 2.39. The van der Waals surface area contributed by atoms with Crippen LogP contribution >= 0.6 is 0 Å². The lowest BCUT2D eigenvalue weighted by atomic mass is 9.75. The Kier molecular flexibility index (Phi) is 3.52. The highest BCUT2D eigenvalue weighted by Crippen LogP contribution is 2.51. The van der Waals surface area contributed by atoms with E-state index in [9.17, 15) is 22.4 Å². The van der Waals surface area contributed by atoms with Gasteiger partial charge in [0, 0.05) is 0 Å². The van der Waals surface area contributed by atoms with Crippen molar-refractivity contribution >= 4 is 5.97 Å². The maximum absolute atomic E-state index is 13.2. The number of carboxylic acids is 1. The first-order valence-corrected chi connectivity index (χ1v) is 6.23. The minimum absolute atomic E-state index is 0.149. The average molecular weight is 306 g/mol. The van der Waals surface area contributed by atoms with E-state index in [1.807, 2.05) is 0 Å². The Morgan fingerprint density at radius 2 is 1.95 bits per heavy atom. The molecular weight excluding hydrogens is 292 g/mol. The molecule has 1 fully saturated rings. The van der Waals surface area contributed by atoms with Crippen molar-refractivity contribution in [3.8, 4) is 0 Å². The van der Waals surface area contributed by atoms with Gasteiger partial charge in [-0.15, -0.1) is 0 Å². The van der Waals surface area contributed by atoms with E-state index in [-0.39, 0.29) is 11.1 Å². The molecule has 1 unspecified atom stereocenters. The van der Waals surface area contributed by atoms with Crippen molar-refractivity contribution in [1.29, 1.82) is 0 Å². The van der Waals surface area contributed by atoms with Crippen LogP contribution in [-0.2, 0) is 10.2 Å².